The van der Waals surface area contributed by atoms with Gasteiger partial charge in [-0.2, -0.15) is 0 Å². The van der Waals surface area contributed by atoms with Gasteiger partial charge in [-0.25, -0.2) is 4.98 Å². The lowest BCUT2D eigenvalue weighted by Crippen LogP contribution is -1.94. The Balaban J connectivity index is 2.56. The van der Waals surface area contributed by atoms with Crippen molar-refractivity contribution < 1.29 is 9.66 Å². The molecule has 1 aromatic heterocycles. The average Bonchev–Trinajstić information content (AvgIpc) is 2.39. The van der Waals surface area contributed by atoms with Gasteiger partial charge in [0.15, 0.2) is 0 Å². The van der Waals surface area contributed by atoms with E-state index < -0.39 is 4.92 Å². The van der Waals surface area contributed by atoms with Crippen LogP contribution in [0.5, 0.6) is 5.75 Å². The van der Waals surface area contributed by atoms with E-state index in [9.17, 15) is 10.1 Å². The Morgan fingerprint density at radius 1 is 1.29 bits per heavy atom. The minimum Gasteiger partial charge on any atom is -0.497 e. The molecule has 0 saturated carbocycles. The van der Waals surface area contributed by atoms with E-state index in [-0.39, 0.29) is 5.69 Å². The van der Waals surface area contributed by atoms with Crippen LogP contribution in [0.15, 0.2) is 42.6 Å². The molecule has 0 amide bonds. The number of benzene rings is 1. The molecular formula is C12H10N2O3. The fourth-order valence-corrected chi connectivity index (χ4v) is 1.54. The molecule has 2 aromatic rings. The standard InChI is InChI=1S/C12H10N2O3/c1-17-10-5-2-4-9(8-10)12-11(14(15)16)6-3-7-13-12/h2-8H,1H3. The summed E-state index contributed by atoms with van der Waals surface area (Å²) in [6, 6.07) is 10.0. The molecule has 1 heterocycles. The van der Waals surface area contributed by atoms with Crippen LogP contribution in [0, 0.1) is 10.1 Å². The van der Waals surface area contributed by atoms with Crippen molar-refractivity contribution in [3.05, 3.63) is 52.7 Å². The average molecular weight is 230 g/mol. The number of nitro groups is 1. The topological polar surface area (TPSA) is 65.3 Å². The van der Waals surface area contributed by atoms with Crippen molar-refractivity contribution in [1.82, 2.24) is 4.98 Å². The van der Waals surface area contributed by atoms with Crippen molar-refractivity contribution in [2.45, 2.75) is 0 Å². The van der Waals surface area contributed by atoms with Gasteiger partial charge in [-0.15, -0.1) is 0 Å². The molecule has 0 spiro atoms. The van der Waals surface area contributed by atoms with Crippen molar-refractivity contribution in [2.75, 3.05) is 7.11 Å². The molecule has 0 saturated heterocycles. The highest BCUT2D eigenvalue weighted by atomic mass is 16.6. The van der Waals surface area contributed by atoms with Gasteiger partial charge in [0.05, 0.1) is 12.0 Å². The van der Waals surface area contributed by atoms with Gasteiger partial charge < -0.3 is 4.74 Å². The Morgan fingerprint density at radius 2 is 2.12 bits per heavy atom. The van der Waals surface area contributed by atoms with E-state index in [1.165, 1.54) is 12.3 Å². The molecule has 0 unspecified atom stereocenters. The second-order valence-corrected chi connectivity index (χ2v) is 3.36. The molecular weight excluding hydrogens is 220 g/mol. The summed E-state index contributed by atoms with van der Waals surface area (Å²) in [6.07, 6.45) is 1.53. The molecule has 0 bridgehead atoms. The molecule has 0 aliphatic heterocycles. The summed E-state index contributed by atoms with van der Waals surface area (Å²) in [6.45, 7) is 0. The predicted octanol–water partition coefficient (Wildman–Crippen LogP) is 2.67. The maximum absolute atomic E-state index is 10.9. The van der Waals surface area contributed by atoms with Gasteiger partial charge in [0, 0.05) is 17.8 Å². The number of rotatable bonds is 3. The smallest absolute Gasteiger partial charge is 0.295 e. The number of ether oxygens (including phenoxy) is 1. The van der Waals surface area contributed by atoms with Gasteiger partial charge >= 0.3 is 0 Å². The largest absolute Gasteiger partial charge is 0.497 e. The van der Waals surface area contributed by atoms with Crippen LogP contribution in [-0.2, 0) is 0 Å². The number of methoxy groups -OCH3 is 1. The maximum atomic E-state index is 10.9. The third kappa shape index (κ3) is 2.23. The predicted molar refractivity (Wildman–Crippen MR) is 62.9 cm³/mol. The first-order chi connectivity index (χ1) is 8.22. The van der Waals surface area contributed by atoms with Gasteiger partial charge in [-0.3, -0.25) is 10.1 Å². The van der Waals surface area contributed by atoms with Crippen molar-refractivity contribution in [1.29, 1.82) is 0 Å². The third-order valence-electron chi connectivity index (χ3n) is 2.33. The lowest BCUT2D eigenvalue weighted by molar-refractivity contribution is -0.384. The monoisotopic (exact) mass is 230 g/mol. The third-order valence-corrected chi connectivity index (χ3v) is 2.33. The summed E-state index contributed by atoms with van der Waals surface area (Å²) in [5.41, 5.74) is 0.994. The van der Waals surface area contributed by atoms with Gasteiger partial charge in [0.1, 0.15) is 11.4 Å². The van der Waals surface area contributed by atoms with Crippen LogP contribution in [0.3, 0.4) is 0 Å². The zero-order valence-corrected chi connectivity index (χ0v) is 9.16. The zero-order valence-electron chi connectivity index (χ0n) is 9.16. The molecule has 86 valence electrons. The second-order valence-electron chi connectivity index (χ2n) is 3.36. The van der Waals surface area contributed by atoms with Crippen molar-refractivity contribution in [3.63, 3.8) is 0 Å². The van der Waals surface area contributed by atoms with Crippen LogP contribution in [0.25, 0.3) is 11.3 Å². The summed E-state index contributed by atoms with van der Waals surface area (Å²) in [5, 5.41) is 10.9. The number of hydrogen-bond acceptors (Lipinski definition) is 4. The Morgan fingerprint density at radius 3 is 2.82 bits per heavy atom. The molecule has 0 N–H and O–H groups in total. The number of pyridine rings is 1. The molecule has 0 radical (unpaired) electrons. The van der Waals surface area contributed by atoms with Crippen LogP contribution in [0.4, 0.5) is 5.69 Å². The highest BCUT2D eigenvalue weighted by molar-refractivity contribution is 5.70. The van der Waals surface area contributed by atoms with Crippen LogP contribution in [0.1, 0.15) is 0 Å². The lowest BCUT2D eigenvalue weighted by Gasteiger charge is -2.04. The Labute approximate surface area is 97.8 Å². The van der Waals surface area contributed by atoms with Crippen molar-refractivity contribution in [3.8, 4) is 17.0 Å². The van der Waals surface area contributed by atoms with Crippen molar-refractivity contribution >= 4 is 5.69 Å². The Hall–Kier alpha value is -2.43. The van der Waals surface area contributed by atoms with E-state index in [0.29, 0.717) is 17.0 Å². The molecule has 17 heavy (non-hydrogen) atoms. The van der Waals surface area contributed by atoms with E-state index in [0.717, 1.165) is 0 Å². The first-order valence-corrected chi connectivity index (χ1v) is 4.96. The lowest BCUT2D eigenvalue weighted by atomic mass is 10.1. The molecule has 5 nitrogen and oxygen atoms in total. The van der Waals surface area contributed by atoms with Gasteiger partial charge in [0.25, 0.3) is 5.69 Å². The molecule has 5 heteroatoms. The minimum atomic E-state index is -0.443. The van der Waals surface area contributed by atoms with Crippen LogP contribution < -0.4 is 4.74 Å². The first kappa shape index (κ1) is 11.1. The molecule has 0 fully saturated rings. The van der Waals surface area contributed by atoms with Gasteiger partial charge in [-0.05, 0) is 18.2 Å². The second kappa shape index (κ2) is 4.61. The number of nitrogens with zero attached hydrogens (tertiary/aromatic N) is 2. The molecule has 2 rings (SSSR count). The minimum absolute atomic E-state index is 0.0132. The van der Waals surface area contributed by atoms with Gasteiger partial charge in [0.2, 0.25) is 0 Å². The number of hydrogen-bond donors (Lipinski definition) is 0. The first-order valence-electron chi connectivity index (χ1n) is 4.96. The SMILES string of the molecule is COc1cccc(-c2ncccc2[N+](=O)[O-])c1. The van der Waals surface area contributed by atoms with E-state index in [1.807, 2.05) is 0 Å². The summed E-state index contributed by atoms with van der Waals surface area (Å²) in [4.78, 5) is 14.5. The van der Waals surface area contributed by atoms with E-state index >= 15 is 0 Å². The zero-order chi connectivity index (χ0) is 12.3. The Kier molecular flexibility index (Phi) is 3.00. The summed E-state index contributed by atoms with van der Waals surface area (Å²) >= 11 is 0. The maximum Gasteiger partial charge on any atom is 0.295 e. The normalized spacial score (nSPS) is 9.94. The van der Waals surface area contributed by atoms with Crippen LogP contribution in [0.2, 0.25) is 0 Å². The van der Waals surface area contributed by atoms with E-state index in [1.54, 1.807) is 37.4 Å². The van der Waals surface area contributed by atoms with Gasteiger partial charge in [-0.1, -0.05) is 12.1 Å². The Bertz CT molecular complexity index is 555. The molecule has 0 aliphatic rings. The number of aromatic nitrogens is 1. The van der Waals surface area contributed by atoms with Crippen LogP contribution >= 0.6 is 0 Å². The quantitative estimate of drug-likeness (QED) is 0.600. The fraction of sp³-hybridized carbons (Fsp3) is 0.0833. The van der Waals surface area contributed by atoms with Crippen molar-refractivity contribution in [2.24, 2.45) is 0 Å². The van der Waals surface area contributed by atoms with Crippen LogP contribution in [-0.4, -0.2) is 17.0 Å². The fourth-order valence-electron chi connectivity index (χ4n) is 1.54. The molecule has 0 aliphatic carbocycles. The highest BCUT2D eigenvalue weighted by Crippen LogP contribution is 2.29. The summed E-state index contributed by atoms with van der Waals surface area (Å²) < 4.78 is 5.08. The van der Waals surface area contributed by atoms with E-state index in [2.05, 4.69) is 4.98 Å². The molecule has 0 atom stereocenters. The summed E-state index contributed by atoms with van der Waals surface area (Å²) in [7, 11) is 1.55. The highest BCUT2D eigenvalue weighted by Gasteiger charge is 2.15. The molecule has 1 aromatic carbocycles. The summed E-state index contributed by atoms with van der Waals surface area (Å²) in [5.74, 6) is 0.641. The van der Waals surface area contributed by atoms with E-state index in [4.69, 9.17) is 4.74 Å².